The van der Waals surface area contributed by atoms with Gasteiger partial charge in [-0.3, -0.25) is 15.0 Å². The van der Waals surface area contributed by atoms with Crippen molar-refractivity contribution in [2.45, 2.75) is 13.5 Å². The van der Waals surface area contributed by atoms with E-state index in [1.54, 1.807) is 6.07 Å². The predicted molar refractivity (Wildman–Crippen MR) is 105 cm³/mol. The molecule has 0 aromatic heterocycles. The van der Waals surface area contributed by atoms with Crippen molar-refractivity contribution in [3.05, 3.63) is 57.6 Å². The number of hydrogen-bond acceptors (Lipinski definition) is 6. The molecule has 2 aromatic carbocycles. The number of para-hydroxylation sites is 1. The van der Waals surface area contributed by atoms with Crippen LogP contribution in [0.1, 0.15) is 11.1 Å². The number of nitro benzene ring substituents is 1. The van der Waals surface area contributed by atoms with Crippen molar-refractivity contribution in [2.24, 2.45) is 0 Å². The average molecular weight is 371 g/mol. The molecule has 0 unspecified atom stereocenters. The standard InChI is InChI=1S/C20H25N3O4/c1-15-6-4-5-7-17(15)22-10-8-21(9-11-22)14-16-12-19(26-2)20(27-3)13-18(16)23(24)25/h4-7,12-13H,8-11,14H2,1-3H3. The van der Waals surface area contributed by atoms with Crippen molar-refractivity contribution in [1.82, 2.24) is 4.90 Å². The van der Waals surface area contributed by atoms with Gasteiger partial charge in [0.05, 0.1) is 25.2 Å². The highest BCUT2D eigenvalue weighted by Gasteiger charge is 2.24. The van der Waals surface area contributed by atoms with E-state index in [2.05, 4.69) is 34.9 Å². The molecule has 1 aliphatic heterocycles. The summed E-state index contributed by atoms with van der Waals surface area (Å²) in [5, 5.41) is 11.5. The van der Waals surface area contributed by atoms with Crippen LogP contribution in [-0.2, 0) is 6.54 Å². The Balaban J connectivity index is 1.73. The first-order valence-electron chi connectivity index (χ1n) is 8.95. The van der Waals surface area contributed by atoms with Gasteiger partial charge in [0.1, 0.15) is 0 Å². The molecule has 7 nitrogen and oxygen atoms in total. The highest BCUT2D eigenvalue weighted by Crippen LogP contribution is 2.35. The van der Waals surface area contributed by atoms with Crippen molar-refractivity contribution < 1.29 is 14.4 Å². The molecule has 3 rings (SSSR count). The summed E-state index contributed by atoms with van der Waals surface area (Å²) in [4.78, 5) is 15.7. The van der Waals surface area contributed by atoms with Crippen LogP contribution in [0.2, 0.25) is 0 Å². The smallest absolute Gasteiger partial charge is 0.277 e. The number of nitrogens with zero attached hydrogens (tertiary/aromatic N) is 3. The minimum atomic E-state index is -0.360. The van der Waals surface area contributed by atoms with Gasteiger partial charge in [-0.1, -0.05) is 18.2 Å². The number of methoxy groups -OCH3 is 2. The molecule has 1 saturated heterocycles. The van der Waals surface area contributed by atoms with E-state index in [-0.39, 0.29) is 10.6 Å². The quantitative estimate of drug-likeness (QED) is 0.574. The SMILES string of the molecule is COc1cc(CN2CCN(c3ccccc3C)CC2)c([N+](=O)[O-])cc1OC. The lowest BCUT2D eigenvalue weighted by Gasteiger charge is -2.36. The molecule has 0 bridgehead atoms. The van der Waals surface area contributed by atoms with Crippen molar-refractivity contribution in [3.8, 4) is 11.5 Å². The van der Waals surface area contributed by atoms with Crippen LogP contribution in [0.4, 0.5) is 11.4 Å². The molecule has 0 aliphatic carbocycles. The Hall–Kier alpha value is -2.80. The van der Waals surface area contributed by atoms with Gasteiger partial charge in [0.2, 0.25) is 0 Å². The molecule has 1 fully saturated rings. The summed E-state index contributed by atoms with van der Waals surface area (Å²) >= 11 is 0. The van der Waals surface area contributed by atoms with E-state index >= 15 is 0 Å². The minimum absolute atomic E-state index is 0.0639. The Morgan fingerprint density at radius 3 is 2.26 bits per heavy atom. The summed E-state index contributed by atoms with van der Waals surface area (Å²) in [6.45, 7) is 6.12. The van der Waals surface area contributed by atoms with Crippen LogP contribution in [0.5, 0.6) is 11.5 Å². The lowest BCUT2D eigenvalue weighted by Crippen LogP contribution is -2.46. The number of hydrogen-bond donors (Lipinski definition) is 0. The Labute approximate surface area is 159 Å². The fourth-order valence-electron chi connectivity index (χ4n) is 3.51. The number of piperazine rings is 1. The van der Waals surface area contributed by atoms with Crippen LogP contribution in [0, 0.1) is 17.0 Å². The second kappa shape index (κ2) is 8.26. The third-order valence-electron chi connectivity index (χ3n) is 5.00. The molecule has 2 aromatic rings. The Morgan fingerprint density at radius 1 is 1.04 bits per heavy atom. The molecule has 0 spiro atoms. The second-order valence-corrected chi connectivity index (χ2v) is 6.64. The third-order valence-corrected chi connectivity index (χ3v) is 5.00. The molecular weight excluding hydrogens is 346 g/mol. The number of ether oxygens (including phenoxy) is 2. The molecule has 0 amide bonds. The molecule has 0 atom stereocenters. The Bertz CT molecular complexity index is 817. The average Bonchev–Trinajstić information content (AvgIpc) is 2.68. The molecule has 1 heterocycles. The highest BCUT2D eigenvalue weighted by molar-refractivity contribution is 5.55. The van der Waals surface area contributed by atoms with Gasteiger partial charge in [0.25, 0.3) is 5.69 Å². The zero-order valence-corrected chi connectivity index (χ0v) is 16.0. The Kier molecular flexibility index (Phi) is 5.81. The van der Waals surface area contributed by atoms with Gasteiger partial charge in [0.15, 0.2) is 11.5 Å². The summed E-state index contributed by atoms with van der Waals surface area (Å²) in [7, 11) is 3.01. The maximum Gasteiger partial charge on any atom is 0.277 e. The molecule has 144 valence electrons. The monoisotopic (exact) mass is 371 g/mol. The summed E-state index contributed by atoms with van der Waals surface area (Å²) < 4.78 is 10.5. The van der Waals surface area contributed by atoms with E-state index < -0.39 is 0 Å². The molecule has 27 heavy (non-hydrogen) atoms. The first kappa shape index (κ1) is 19.0. The third kappa shape index (κ3) is 4.14. The summed E-state index contributed by atoms with van der Waals surface area (Å²) in [6, 6.07) is 11.5. The van der Waals surface area contributed by atoms with E-state index in [1.807, 2.05) is 6.07 Å². The predicted octanol–water partition coefficient (Wildman–Crippen LogP) is 3.24. The molecule has 0 N–H and O–H groups in total. The fraction of sp³-hybridized carbons (Fsp3) is 0.400. The van der Waals surface area contributed by atoms with Crippen LogP contribution >= 0.6 is 0 Å². The number of aryl methyl sites for hydroxylation is 1. The normalized spacial score (nSPS) is 14.9. The molecule has 1 aliphatic rings. The van der Waals surface area contributed by atoms with E-state index in [4.69, 9.17) is 9.47 Å². The first-order valence-corrected chi connectivity index (χ1v) is 8.95. The number of nitro groups is 1. The topological polar surface area (TPSA) is 68.1 Å². The summed E-state index contributed by atoms with van der Waals surface area (Å²) in [5.41, 5.74) is 3.23. The lowest BCUT2D eigenvalue weighted by molar-refractivity contribution is -0.385. The Morgan fingerprint density at radius 2 is 1.67 bits per heavy atom. The fourth-order valence-corrected chi connectivity index (χ4v) is 3.51. The summed E-state index contributed by atoms with van der Waals surface area (Å²) in [6.07, 6.45) is 0. The molecule has 7 heteroatoms. The van der Waals surface area contributed by atoms with E-state index in [1.165, 1.54) is 31.5 Å². The van der Waals surface area contributed by atoms with Gasteiger partial charge in [-0.2, -0.15) is 0 Å². The van der Waals surface area contributed by atoms with Crippen molar-refractivity contribution in [2.75, 3.05) is 45.3 Å². The van der Waals surface area contributed by atoms with Crippen LogP contribution in [-0.4, -0.2) is 50.2 Å². The second-order valence-electron chi connectivity index (χ2n) is 6.64. The minimum Gasteiger partial charge on any atom is -0.493 e. The van der Waals surface area contributed by atoms with E-state index in [9.17, 15) is 10.1 Å². The number of rotatable bonds is 6. The molecular formula is C20H25N3O4. The van der Waals surface area contributed by atoms with Crippen molar-refractivity contribution >= 4 is 11.4 Å². The lowest BCUT2D eigenvalue weighted by atomic mass is 10.1. The van der Waals surface area contributed by atoms with Crippen LogP contribution in [0.3, 0.4) is 0 Å². The van der Waals surface area contributed by atoms with Crippen LogP contribution in [0.25, 0.3) is 0 Å². The number of benzene rings is 2. The van der Waals surface area contributed by atoms with E-state index in [0.29, 0.717) is 23.6 Å². The van der Waals surface area contributed by atoms with Gasteiger partial charge in [-0.15, -0.1) is 0 Å². The summed E-state index contributed by atoms with van der Waals surface area (Å²) in [5.74, 6) is 0.883. The largest absolute Gasteiger partial charge is 0.493 e. The van der Waals surface area contributed by atoms with Crippen LogP contribution in [0.15, 0.2) is 36.4 Å². The van der Waals surface area contributed by atoms with E-state index in [0.717, 1.165) is 26.2 Å². The van der Waals surface area contributed by atoms with Crippen molar-refractivity contribution in [3.63, 3.8) is 0 Å². The van der Waals surface area contributed by atoms with Gasteiger partial charge in [-0.25, -0.2) is 0 Å². The maximum atomic E-state index is 11.5. The van der Waals surface area contributed by atoms with Gasteiger partial charge in [0, 0.05) is 44.0 Å². The van der Waals surface area contributed by atoms with Crippen LogP contribution < -0.4 is 14.4 Å². The zero-order chi connectivity index (χ0) is 19.4. The molecule has 0 radical (unpaired) electrons. The van der Waals surface area contributed by atoms with Crippen molar-refractivity contribution in [1.29, 1.82) is 0 Å². The maximum absolute atomic E-state index is 11.5. The first-order chi connectivity index (χ1) is 13.0. The molecule has 0 saturated carbocycles. The zero-order valence-electron chi connectivity index (χ0n) is 16.0. The van der Waals surface area contributed by atoms with Gasteiger partial charge >= 0.3 is 0 Å². The van der Waals surface area contributed by atoms with Gasteiger partial charge < -0.3 is 14.4 Å². The number of anilines is 1. The van der Waals surface area contributed by atoms with Gasteiger partial charge in [-0.05, 0) is 24.6 Å². The highest BCUT2D eigenvalue weighted by atomic mass is 16.6.